The summed E-state index contributed by atoms with van der Waals surface area (Å²) in [7, 11) is -9.22. The average Bonchev–Trinajstić information content (AvgIpc) is 1.12. The normalized spacial score (nSPS) is 10.0. The van der Waals surface area contributed by atoms with Gasteiger partial charge in [0, 0.05) is 0 Å². The third-order valence-electron chi connectivity index (χ3n) is 0. The quantitative estimate of drug-likeness (QED) is 0.202. The Morgan fingerprint density at radius 2 is 0.500 bits per heavy atom. The molecule has 8 N–H and O–H groups in total. The molecule has 0 aliphatic rings. The van der Waals surface area contributed by atoms with E-state index >= 15 is 0 Å². The van der Waals surface area contributed by atoms with Crippen molar-refractivity contribution in [2.75, 3.05) is 0 Å². The first-order valence-electron chi connectivity index (χ1n) is 1.79. The van der Waals surface area contributed by atoms with Crippen molar-refractivity contribution in [2.24, 2.45) is 0 Å². The average molecular weight is 272 g/mol. The summed E-state index contributed by atoms with van der Waals surface area (Å²) < 4.78 is 0. The molecule has 0 heterocycles. The Bertz CT molecular complexity index is 66.3. The zero-order valence-electron chi connectivity index (χ0n) is 8.58. The SMILES string of the molecule is O[Si](O)(O)O.O[Si](O)(O)O.[H-].[H-].[K+].[K+]. The van der Waals surface area contributed by atoms with Gasteiger partial charge in [0.1, 0.15) is 0 Å². The molecular weight excluding hydrogens is 262 g/mol. The molecule has 0 amide bonds. The summed E-state index contributed by atoms with van der Waals surface area (Å²) >= 11 is 0. The van der Waals surface area contributed by atoms with E-state index in [1.165, 1.54) is 0 Å². The summed E-state index contributed by atoms with van der Waals surface area (Å²) in [6.45, 7) is 0. The maximum atomic E-state index is 7.33. The second kappa shape index (κ2) is 10.9. The first kappa shape index (κ1) is 24.6. The predicted molar refractivity (Wildman–Crippen MR) is 31.5 cm³/mol. The van der Waals surface area contributed by atoms with Crippen molar-refractivity contribution in [3.63, 3.8) is 0 Å². The Morgan fingerprint density at radius 1 is 0.500 bits per heavy atom. The molecule has 12 heavy (non-hydrogen) atoms. The van der Waals surface area contributed by atoms with E-state index in [1.807, 2.05) is 0 Å². The number of rotatable bonds is 0. The third kappa shape index (κ3) is 179. The molecule has 0 fully saturated rings. The van der Waals surface area contributed by atoms with E-state index in [2.05, 4.69) is 0 Å². The van der Waals surface area contributed by atoms with Gasteiger partial charge in [-0.2, -0.15) is 0 Å². The molecule has 0 saturated heterocycles. The minimum Gasteiger partial charge on any atom is -1.00 e. The number of hydrogen-bond acceptors (Lipinski definition) is 8. The van der Waals surface area contributed by atoms with Crippen LogP contribution in [0.15, 0.2) is 0 Å². The van der Waals surface area contributed by atoms with Gasteiger partial charge in [0.15, 0.2) is 0 Å². The van der Waals surface area contributed by atoms with Gasteiger partial charge in [-0.05, 0) is 0 Å². The molecule has 8 nitrogen and oxygen atoms in total. The number of hydrogen-bond donors (Lipinski definition) is 8. The Morgan fingerprint density at radius 3 is 0.500 bits per heavy atom. The fourth-order valence-corrected chi connectivity index (χ4v) is 0. The minimum absolute atomic E-state index is 0. The van der Waals surface area contributed by atoms with E-state index in [1.54, 1.807) is 0 Å². The second-order valence-corrected chi connectivity index (χ2v) is 3.60. The summed E-state index contributed by atoms with van der Waals surface area (Å²) in [6, 6.07) is 0. The molecule has 0 aliphatic heterocycles. The van der Waals surface area contributed by atoms with Gasteiger partial charge < -0.3 is 41.2 Å². The molecule has 0 aromatic rings. The van der Waals surface area contributed by atoms with Gasteiger partial charge in [0.25, 0.3) is 0 Å². The molecule has 0 atom stereocenters. The first-order chi connectivity index (χ1) is 4.00. The van der Waals surface area contributed by atoms with E-state index < -0.39 is 18.1 Å². The van der Waals surface area contributed by atoms with Gasteiger partial charge in [0.2, 0.25) is 0 Å². The van der Waals surface area contributed by atoms with Gasteiger partial charge >= 0.3 is 121 Å². The zero-order valence-corrected chi connectivity index (χ0v) is 14.8. The van der Waals surface area contributed by atoms with E-state index in [-0.39, 0.29) is 106 Å². The Hall–Kier alpha value is 3.39. The molecule has 0 aliphatic carbocycles. The molecule has 0 aromatic heterocycles. The summed E-state index contributed by atoms with van der Waals surface area (Å²) in [5, 5.41) is 0. The van der Waals surface area contributed by atoms with Crippen LogP contribution in [0.1, 0.15) is 2.85 Å². The monoisotopic (exact) mass is 272 g/mol. The smallest absolute Gasteiger partial charge is 1.00 e. The molecule has 0 radical (unpaired) electrons. The third-order valence-corrected chi connectivity index (χ3v) is 0. The standard InChI is InChI=1S/2K.2H4O4Si.2H/c;;2*1-5(2,3)4;;/h;;2*1-4H;;/q2*+1;;;2*-1. The van der Waals surface area contributed by atoms with Crippen LogP contribution in [0.4, 0.5) is 0 Å². The fraction of sp³-hybridized carbons (Fsp3) is 0. The molecule has 0 saturated carbocycles. The van der Waals surface area contributed by atoms with Gasteiger partial charge in [-0.1, -0.05) is 0 Å². The zero-order chi connectivity index (χ0) is 9.00. The van der Waals surface area contributed by atoms with Crippen LogP contribution in [0.3, 0.4) is 0 Å². The molecule has 68 valence electrons. The predicted octanol–water partition coefficient (Wildman–Crippen LogP) is -11.0. The molecule has 0 unspecified atom stereocenters. The summed E-state index contributed by atoms with van der Waals surface area (Å²) in [5.74, 6) is 0. The van der Waals surface area contributed by atoms with Gasteiger partial charge in [-0.25, -0.2) is 0 Å². The van der Waals surface area contributed by atoms with Crippen molar-refractivity contribution in [1.82, 2.24) is 0 Å². The van der Waals surface area contributed by atoms with Crippen molar-refractivity contribution in [2.45, 2.75) is 0 Å². The Labute approximate surface area is 158 Å². The maximum Gasteiger partial charge on any atom is 1.00 e. The van der Waals surface area contributed by atoms with Crippen molar-refractivity contribution in [3.8, 4) is 0 Å². The minimum atomic E-state index is -4.61. The molecular formula is H10K2O8Si2. The van der Waals surface area contributed by atoms with Crippen LogP contribution in [0.25, 0.3) is 0 Å². The van der Waals surface area contributed by atoms with Crippen LogP contribution in [0, 0.1) is 0 Å². The van der Waals surface area contributed by atoms with Gasteiger partial charge in [0.05, 0.1) is 0 Å². The van der Waals surface area contributed by atoms with E-state index in [9.17, 15) is 0 Å². The maximum absolute atomic E-state index is 7.33. The second-order valence-electron chi connectivity index (χ2n) is 1.20. The first-order valence-corrected chi connectivity index (χ1v) is 5.37. The van der Waals surface area contributed by atoms with Crippen molar-refractivity contribution < 1.29 is 144 Å². The van der Waals surface area contributed by atoms with Crippen molar-refractivity contribution in [1.29, 1.82) is 0 Å². The van der Waals surface area contributed by atoms with Crippen LogP contribution in [0.5, 0.6) is 0 Å². The molecule has 0 spiro atoms. The van der Waals surface area contributed by atoms with Crippen LogP contribution in [-0.2, 0) is 0 Å². The summed E-state index contributed by atoms with van der Waals surface area (Å²) in [6.07, 6.45) is 0. The van der Waals surface area contributed by atoms with Crippen LogP contribution in [-0.4, -0.2) is 56.5 Å². The Kier molecular flexibility index (Phi) is 22.3. The van der Waals surface area contributed by atoms with Crippen LogP contribution < -0.4 is 103 Å². The van der Waals surface area contributed by atoms with Crippen molar-refractivity contribution in [3.05, 3.63) is 0 Å². The summed E-state index contributed by atoms with van der Waals surface area (Å²) in [4.78, 5) is 58.6. The van der Waals surface area contributed by atoms with Gasteiger partial charge in [-0.15, -0.1) is 0 Å². The fourth-order valence-electron chi connectivity index (χ4n) is 0. The van der Waals surface area contributed by atoms with E-state index in [0.717, 1.165) is 0 Å². The topological polar surface area (TPSA) is 162 Å². The van der Waals surface area contributed by atoms with Crippen LogP contribution >= 0.6 is 0 Å². The molecule has 0 rings (SSSR count). The Balaban J connectivity index is -0.0000000178. The van der Waals surface area contributed by atoms with E-state index in [4.69, 9.17) is 38.4 Å². The molecule has 0 bridgehead atoms. The molecule has 0 aromatic carbocycles. The summed E-state index contributed by atoms with van der Waals surface area (Å²) in [5.41, 5.74) is 0. The van der Waals surface area contributed by atoms with Crippen LogP contribution in [0.2, 0.25) is 0 Å². The van der Waals surface area contributed by atoms with E-state index in [0.29, 0.717) is 0 Å². The largest absolute Gasteiger partial charge is 1.00 e. The molecule has 12 heteroatoms. The van der Waals surface area contributed by atoms with Gasteiger partial charge in [-0.3, -0.25) is 0 Å². The van der Waals surface area contributed by atoms with Crippen molar-refractivity contribution >= 4 is 18.1 Å².